The maximum absolute atomic E-state index is 11.8. The molecule has 4 nitrogen and oxygen atoms in total. The fourth-order valence-corrected chi connectivity index (χ4v) is 4.10. The summed E-state index contributed by atoms with van der Waals surface area (Å²) < 4.78 is 23.6. The van der Waals surface area contributed by atoms with Crippen LogP contribution >= 0.6 is 0 Å². The van der Waals surface area contributed by atoms with E-state index in [9.17, 15) is 8.42 Å². The smallest absolute Gasteiger partial charge is 0.154 e. The van der Waals surface area contributed by atoms with Gasteiger partial charge in [0.05, 0.1) is 11.0 Å². The molecule has 2 heterocycles. The molecule has 0 radical (unpaired) electrons. The van der Waals surface area contributed by atoms with Gasteiger partial charge in [-0.2, -0.15) is 0 Å². The molecule has 0 aromatic heterocycles. The summed E-state index contributed by atoms with van der Waals surface area (Å²) in [7, 11) is -2.83. The molecule has 1 unspecified atom stereocenters. The topological polar surface area (TPSA) is 49.4 Å². The second-order valence-electron chi connectivity index (χ2n) is 5.46. The monoisotopic (exact) mass is 260 g/mol. The van der Waals surface area contributed by atoms with Crippen LogP contribution in [0.3, 0.4) is 0 Å². The average Bonchev–Trinajstić information content (AvgIpc) is 2.44. The van der Waals surface area contributed by atoms with Gasteiger partial charge in [0.2, 0.25) is 0 Å². The highest BCUT2D eigenvalue weighted by Gasteiger charge is 2.27. The van der Waals surface area contributed by atoms with Gasteiger partial charge in [0.25, 0.3) is 0 Å². The second kappa shape index (κ2) is 5.67. The highest BCUT2D eigenvalue weighted by Crippen LogP contribution is 2.17. The quantitative estimate of drug-likeness (QED) is 0.785. The summed E-state index contributed by atoms with van der Waals surface area (Å²) in [4.78, 5) is 2.36. The predicted octanol–water partition coefficient (Wildman–Crippen LogP) is 0.495. The average molecular weight is 260 g/mol. The summed E-state index contributed by atoms with van der Waals surface area (Å²) >= 11 is 0. The SMILES string of the molecule is CC1CCN(CC2CCNCC2)CCS1(=O)=O. The number of hydrogen-bond donors (Lipinski definition) is 1. The zero-order valence-corrected chi connectivity index (χ0v) is 11.5. The first-order valence-corrected chi connectivity index (χ1v) is 8.44. The lowest BCUT2D eigenvalue weighted by Crippen LogP contribution is -2.37. The van der Waals surface area contributed by atoms with Gasteiger partial charge in [-0.05, 0) is 51.7 Å². The molecule has 0 bridgehead atoms. The van der Waals surface area contributed by atoms with E-state index in [0.29, 0.717) is 5.75 Å². The van der Waals surface area contributed by atoms with Crippen molar-refractivity contribution in [3.63, 3.8) is 0 Å². The van der Waals surface area contributed by atoms with Crippen molar-refractivity contribution in [3.05, 3.63) is 0 Å². The fourth-order valence-electron chi connectivity index (χ4n) is 2.73. The number of sulfone groups is 1. The predicted molar refractivity (Wildman–Crippen MR) is 69.9 cm³/mol. The molecule has 0 aromatic rings. The first kappa shape index (κ1) is 13.3. The molecule has 0 aliphatic carbocycles. The van der Waals surface area contributed by atoms with Crippen LogP contribution in [0, 0.1) is 5.92 Å². The molecule has 2 aliphatic heterocycles. The van der Waals surface area contributed by atoms with E-state index in [1.54, 1.807) is 0 Å². The van der Waals surface area contributed by atoms with E-state index >= 15 is 0 Å². The second-order valence-corrected chi connectivity index (χ2v) is 8.00. The van der Waals surface area contributed by atoms with Crippen LogP contribution in [0.2, 0.25) is 0 Å². The van der Waals surface area contributed by atoms with Crippen LogP contribution in [0.25, 0.3) is 0 Å². The molecule has 5 heteroatoms. The van der Waals surface area contributed by atoms with Crippen LogP contribution in [-0.2, 0) is 9.84 Å². The molecule has 2 saturated heterocycles. The van der Waals surface area contributed by atoms with Crippen LogP contribution in [0.15, 0.2) is 0 Å². The zero-order valence-electron chi connectivity index (χ0n) is 10.7. The lowest BCUT2D eigenvalue weighted by atomic mass is 9.97. The summed E-state index contributed by atoms with van der Waals surface area (Å²) in [5, 5.41) is 3.22. The van der Waals surface area contributed by atoms with Crippen molar-refractivity contribution in [2.75, 3.05) is 38.5 Å². The van der Waals surface area contributed by atoms with Gasteiger partial charge in [0.1, 0.15) is 0 Å². The minimum atomic E-state index is -2.83. The Morgan fingerprint density at radius 1 is 1.18 bits per heavy atom. The number of piperidine rings is 1. The van der Waals surface area contributed by atoms with Gasteiger partial charge >= 0.3 is 0 Å². The Balaban J connectivity index is 1.86. The Kier molecular flexibility index (Phi) is 4.44. The van der Waals surface area contributed by atoms with Crippen molar-refractivity contribution in [1.29, 1.82) is 0 Å². The molecule has 2 aliphatic rings. The maximum Gasteiger partial charge on any atom is 0.154 e. The molecule has 1 N–H and O–H groups in total. The van der Waals surface area contributed by atoms with E-state index in [2.05, 4.69) is 10.2 Å². The highest BCUT2D eigenvalue weighted by molar-refractivity contribution is 7.92. The van der Waals surface area contributed by atoms with Crippen molar-refractivity contribution in [3.8, 4) is 0 Å². The van der Waals surface area contributed by atoms with Crippen molar-refractivity contribution in [1.82, 2.24) is 10.2 Å². The Labute approximate surface area is 105 Å². The third-order valence-electron chi connectivity index (χ3n) is 4.13. The highest BCUT2D eigenvalue weighted by atomic mass is 32.2. The van der Waals surface area contributed by atoms with Gasteiger partial charge in [-0.25, -0.2) is 8.42 Å². The largest absolute Gasteiger partial charge is 0.317 e. The van der Waals surface area contributed by atoms with E-state index < -0.39 is 9.84 Å². The van der Waals surface area contributed by atoms with Crippen LogP contribution in [-0.4, -0.2) is 57.0 Å². The summed E-state index contributed by atoms with van der Waals surface area (Å²) in [6.07, 6.45) is 3.27. The Bertz CT molecular complexity index is 336. The zero-order chi connectivity index (χ0) is 12.3. The Morgan fingerprint density at radius 2 is 1.88 bits per heavy atom. The Morgan fingerprint density at radius 3 is 2.59 bits per heavy atom. The van der Waals surface area contributed by atoms with Gasteiger partial charge in [-0.15, -0.1) is 0 Å². The molecule has 2 rings (SSSR count). The minimum absolute atomic E-state index is 0.152. The number of rotatable bonds is 2. The van der Waals surface area contributed by atoms with Crippen LogP contribution in [0.4, 0.5) is 0 Å². The fraction of sp³-hybridized carbons (Fsp3) is 1.00. The first-order valence-electron chi connectivity index (χ1n) is 6.72. The summed E-state index contributed by atoms with van der Waals surface area (Å²) in [5.41, 5.74) is 0. The third kappa shape index (κ3) is 3.66. The molecule has 0 amide bonds. The molecule has 17 heavy (non-hydrogen) atoms. The summed E-state index contributed by atoms with van der Waals surface area (Å²) in [6, 6.07) is 0. The van der Waals surface area contributed by atoms with Crippen LogP contribution in [0.5, 0.6) is 0 Å². The van der Waals surface area contributed by atoms with Gasteiger partial charge in [0, 0.05) is 13.1 Å². The molecule has 100 valence electrons. The number of nitrogens with one attached hydrogen (secondary N) is 1. The van der Waals surface area contributed by atoms with Crippen molar-refractivity contribution < 1.29 is 8.42 Å². The van der Waals surface area contributed by atoms with E-state index in [1.807, 2.05) is 6.92 Å². The standard InChI is InChI=1S/C12H24N2O2S/c1-11-4-7-14(8-9-17(11,15)16)10-12-2-5-13-6-3-12/h11-13H,2-10H2,1H3. The molecular weight excluding hydrogens is 236 g/mol. The summed E-state index contributed by atoms with van der Waals surface area (Å²) in [5.74, 6) is 1.10. The molecule has 0 aromatic carbocycles. The van der Waals surface area contributed by atoms with Crippen molar-refractivity contribution in [2.45, 2.75) is 31.4 Å². The van der Waals surface area contributed by atoms with E-state index in [1.165, 1.54) is 12.8 Å². The normalized spacial score (nSPS) is 32.2. The van der Waals surface area contributed by atoms with E-state index in [4.69, 9.17) is 0 Å². The van der Waals surface area contributed by atoms with Gasteiger partial charge in [-0.3, -0.25) is 0 Å². The minimum Gasteiger partial charge on any atom is -0.317 e. The first-order chi connectivity index (χ1) is 8.08. The van der Waals surface area contributed by atoms with Crippen LogP contribution < -0.4 is 5.32 Å². The Hall–Kier alpha value is -0.130. The molecule has 0 spiro atoms. The van der Waals surface area contributed by atoms with E-state index in [0.717, 1.165) is 45.1 Å². The van der Waals surface area contributed by atoms with E-state index in [-0.39, 0.29) is 5.25 Å². The van der Waals surface area contributed by atoms with Gasteiger partial charge in [0.15, 0.2) is 9.84 Å². The molecule has 2 fully saturated rings. The molecule has 0 saturated carbocycles. The maximum atomic E-state index is 11.8. The molecule has 1 atom stereocenters. The van der Waals surface area contributed by atoms with Gasteiger partial charge in [-0.1, -0.05) is 0 Å². The third-order valence-corrected chi connectivity index (χ3v) is 6.35. The van der Waals surface area contributed by atoms with Gasteiger partial charge < -0.3 is 10.2 Å². The van der Waals surface area contributed by atoms with Crippen LogP contribution in [0.1, 0.15) is 26.2 Å². The number of hydrogen-bond acceptors (Lipinski definition) is 4. The summed E-state index contributed by atoms with van der Waals surface area (Å²) in [6.45, 7) is 6.86. The van der Waals surface area contributed by atoms with Crippen molar-refractivity contribution >= 4 is 9.84 Å². The lowest BCUT2D eigenvalue weighted by molar-refractivity contribution is 0.216. The van der Waals surface area contributed by atoms with Crippen molar-refractivity contribution in [2.24, 2.45) is 5.92 Å². The lowest BCUT2D eigenvalue weighted by Gasteiger charge is -2.28. The number of nitrogens with zero attached hydrogens (tertiary/aromatic N) is 1. The molecular formula is C12H24N2O2S.